The molecule has 3 atom stereocenters. The molecule has 2 heterocycles. The molecule has 1 amide bonds. The first-order valence-electron chi connectivity index (χ1n) is 18.1. The van der Waals surface area contributed by atoms with Crippen molar-refractivity contribution in [1.29, 1.82) is 0 Å². The molecule has 1 aliphatic heterocycles. The van der Waals surface area contributed by atoms with Gasteiger partial charge in [0, 0.05) is 30.8 Å². The summed E-state index contributed by atoms with van der Waals surface area (Å²) in [5, 5.41) is 2.36. The van der Waals surface area contributed by atoms with Crippen molar-refractivity contribution >= 4 is 16.9 Å². The zero-order valence-electron chi connectivity index (χ0n) is 30.5. The Labute approximate surface area is 307 Å². The molecule has 272 valence electrons. The van der Waals surface area contributed by atoms with E-state index >= 15 is 0 Å². The van der Waals surface area contributed by atoms with Crippen molar-refractivity contribution in [3.63, 3.8) is 0 Å². The number of pyridine rings is 1. The minimum absolute atomic E-state index is 0.0330. The van der Waals surface area contributed by atoms with Crippen LogP contribution >= 0.6 is 0 Å². The van der Waals surface area contributed by atoms with Crippen molar-refractivity contribution in [3.8, 4) is 0 Å². The third kappa shape index (κ3) is 11.0. The lowest BCUT2D eigenvalue weighted by atomic mass is 9.78. The molecule has 0 aliphatic carbocycles. The van der Waals surface area contributed by atoms with Crippen LogP contribution in [0.25, 0.3) is 10.8 Å². The molecule has 52 heavy (non-hydrogen) atoms. The molecule has 0 saturated carbocycles. The molecule has 8 nitrogen and oxygen atoms in total. The number of carbonyl (C=O) groups is 1. The number of aromatic nitrogens is 1. The van der Waals surface area contributed by atoms with E-state index in [1.807, 2.05) is 69.4 Å². The minimum atomic E-state index is -0.617. The van der Waals surface area contributed by atoms with E-state index in [2.05, 4.69) is 71.7 Å². The van der Waals surface area contributed by atoms with Gasteiger partial charge in [-0.25, -0.2) is 4.79 Å². The molecular weight excluding hydrogens is 652 g/mol. The molecule has 6 rings (SSSR count). The van der Waals surface area contributed by atoms with Gasteiger partial charge in [-0.2, -0.15) is 0 Å². The summed E-state index contributed by atoms with van der Waals surface area (Å²) < 4.78 is 30.7. The van der Waals surface area contributed by atoms with Crippen LogP contribution in [0.5, 0.6) is 0 Å². The van der Waals surface area contributed by atoms with Crippen molar-refractivity contribution in [1.82, 2.24) is 9.88 Å². The van der Waals surface area contributed by atoms with Gasteiger partial charge in [0.2, 0.25) is 0 Å². The molecule has 0 radical (unpaired) electrons. The second kappa shape index (κ2) is 18.2. The molecule has 1 aliphatic rings. The Morgan fingerprint density at radius 3 is 2.06 bits per heavy atom. The van der Waals surface area contributed by atoms with Crippen molar-refractivity contribution in [2.45, 2.75) is 64.8 Å². The number of rotatable bonds is 15. The van der Waals surface area contributed by atoms with E-state index in [1.54, 1.807) is 11.1 Å². The Kier molecular flexibility index (Phi) is 13.0. The maximum Gasteiger partial charge on any atom is 0.410 e. The molecule has 1 fully saturated rings. The molecule has 1 saturated heterocycles. The Balaban J connectivity index is 1.17. The number of hydrogen-bond donors (Lipinski definition) is 0. The van der Waals surface area contributed by atoms with Gasteiger partial charge in [-0.05, 0) is 71.5 Å². The summed E-state index contributed by atoms with van der Waals surface area (Å²) in [4.78, 5) is 19.5. The highest BCUT2D eigenvalue weighted by molar-refractivity contribution is 5.82. The van der Waals surface area contributed by atoms with Crippen molar-refractivity contribution in [2.75, 3.05) is 32.9 Å². The monoisotopic (exact) mass is 702 g/mol. The average Bonchev–Trinajstić information content (AvgIpc) is 3.15. The Morgan fingerprint density at radius 2 is 1.35 bits per heavy atom. The number of fused-ring (bicyclic) bond motifs is 1. The number of nitrogens with zero attached hydrogens (tertiary/aromatic N) is 2. The molecular formula is C44H50N2O6. The van der Waals surface area contributed by atoms with Gasteiger partial charge in [0.25, 0.3) is 0 Å². The number of hydrogen-bond acceptors (Lipinski definition) is 7. The van der Waals surface area contributed by atoms with Crippen molar-refractivity contribution in [3.05, 3.63) is 149 Å². The van der Waals surface area contributed by atoms with Crippen LogP contribution < -0.4 is 0 Å². The Hall–Kier alpha value is -4.60. The molecule has 4 aromatic carbocycles. The topological polar surface area (TPSA) is 79.4 Å². The molecule has 1 aromatic heterocycles. The van der Waals surface area contributed by atoms with Gasteiger partial charge in [-0.1, -0.05) is 97.1 Å². The van der Waals surface area contributed by atoms with Gasteiger partial charge >= 0.3 is 6.09 Å². The predicted molar refractivity (Wildman–Crippen MR) is 203 cm³/mol. The van der Waals surface area contributed by atoms with Gasteiger partial charge in [0.15, 0.2) is 0 Å². The smallest absolute Gasteiger partial charge is 0.410 e. The van der Waals surface area contributed by atoms with Gasteiger partial charge in [-0.3, -0.25) is 4.98 Å². The number of benzene rings is 4. The first-order chi connectivity index (χ1) is 25.3. The SMILES string of the molecule is CC(C)(C)OC(=O)N1CC(COCc2cccnc2)C(c2ccc(COCCOCc3ccccc3)cc2)C(OCc2ccc3ccccc3c2)C1. The minimum Gasteiger partial charge on any atom is -0.444 e. The summed E-state index contributed by atoms with van der Waals surface area (Å²) in [5.74, 6) is -0.0854. The predicted octanol–water partition coefficient (Wildman–Crippen LogP) is 8.72. The van der Waals surface area contributed by atoms with E-state index in [-0.39, 0.29) is 24.0 Å². The first-order valence-corrected chi connectivity index (χ1v) is 18.1. The van der Waals surface area contributed by atoms with E-state index in [1.165, 1.54) is 10.8 Å². The lowest BCUT2D eigenvalue weighted by Gasteiger charge is -2.44. The second-order valence-electron chi connectivity index (χ2n) is 14.4. The fourth-order valence-corrected chi connectivity index (χ4v) is 6.63. The standard InChI is InChI=1S/C44H50N2O6/c1-44(2,3)52-43(47)46-26-40(32-50-30-36-12-9-21-45-25-36)42(41(27-46)51-31-35-17-18-37-13-7-8-14-39(37)24-35)38-19-15-34(16-20-38)29-49-23-22-48-28-33-10-5-4-6-11-33/h4-21,24-25,40-42H,22-23,26-32H2,1-3H3. The van der Waals surface area contributed by atoms with Crippen molar-refractivity contribution < 1.29 is 28.5 Å². The van der Waals surface area contributed by atoms with Crippen LogP contribution in [0.4, 0.5) is 4.79 Å². The molecule has 3 unspecified atom stereocenters. The van der Waals surface area contributed by atoms with Crippen molar-refractivity contribution in [2.24, 2.45) is 5.92 Å². The van der Waals surface area contributed by atoms with E-state index in [0.717, 1.165) is 27.8 Å². The fraction of sp³-hybridized carbons (Fsp3) is 0.364. The van der Waals surface area contributed by atoms with Gasteiger partial charge in [0.05, 0.1) is 58.9 Å². The quantitative estimate of drug-likeness (QED) is 0.101. The van der Waals surface area contributed by atoms with Crippen LogP contribution in [0.15, 0.2) is 122 Å². The van der Waals surface area contributed by atoms with E-state index in [0.29, 0.717) is 59.3 Å². The molecule has 0 bridgehead atoms. The zero-order chi connectivity index (χ0) is 36.2. The van der Waals surface area contributed by atoms with E-state index < -0.39 is 5.60 Å². The number of carbonyl (C=O) groups excluding carboxylic acids is 1. The van der Waals surface area contributed by atoms with Crippen LogP contribution in [0, 0.1) is 5.92 Å². The van der Waals surface area contributed by atoms with Gasteiger partial charge < -0.3 is 28.6 Å². The molecule has 0 spiro atoms. The Morgan fingerprint density at radius 1 is 0.692 bits per heavy atom. The summed E-state index contributed by atoms with van der Waals surface area (Å²) in [6.45, 7) is 9.94. The number of amides is 1. The lowest BCUT2D eigenvalue weighted by molar-refractivity contribution is -0.0675. The van der Waals surface area contributed by atoms with Crippen LogP contribution in [-0.4, -0.2) is 60.6 Å². The highest BCUT2D eigenvalue weighted by Gasteiger charge is 2.41. The summed E-state index contributed by atoms with van der Waals surface area (Å²) in [7, 11) is 0. The summed E-state index contributed by atoms with van der Waals surface area (Å²) in [6, 6.07) is 37.4. The van der Waals surface area contributed by atoms with Crippen LogP contribution in [0.3, 0.4) is 0 Å². The third-order valence-corrected chi connectivity index (χ3v) is 9.13. The van der Waals surface area contributed by atoms with Crippen LogP contribution in [0.1, 0.15) is 54.5 Å². The number of likely N-dealkylation sites (tertiary alicyclic amines) is 1. The summed E-state index contributed by atoms with van der Waals surface area (Å²) in [5.41, 5.74) is 4.83. The second-order valence-corrected chi connectivity index (χ2v) is 14.4. The van der Waals surface area contributed by atoms with Gasteiger partial charge in [0.1, 0.15) is 5.60 Å². The summed E-state index contributed by atoms with van der Waals surface area (Å²) in [6.07, 6.45) is 2.92. The maximum absolute atomic E-state index is 13.5. The number of ether oxygens (including phenoxy) is 5. The van der Waals surface area contributed by atoms with Crippen LogP contribution in [-0.2, 0) is 50.1 Å². The highest BCUT2D eigenvalue weighted by Crippen LogP contribution is 2.37. The third-order valence-electron chi connectivity index (χ3n) is 9.13. The largest absolute Gasteiger partial charge is 0.444 e. The average molecular weight is 703 g/mol. The first kappa shape index (κ1) is 37.2. The summed E-state index contributed by atoms with van der Waals surface area (Å²) >= 11 is 0. The Bertz CT molecular complexity index is 1830. The van der Waals surface area contributed by atoms with E-state index in [9.17, 15) is 4.79 Å². The zero-order valence-corrected chi connectivity index (χ0v) is 30.5. The molecule has 8 heteroatoms. The maximum atomic E-state index is 13.5. The lowest BCUT2D eigenvalue weighted by Crippen LogP contribution is -2.53. The van der Waals surface area contributed by atoms with Crippen LogP contribution in [0.2, 0.25) is 0 Å². The highest BCUT2D eigenvalue weighted by atomic mass is 16.6. The van der Waals surface area contributed by atoms with E-state index in [4.69, 9.17) is 23.7 Å². The normalized spacial score (nSPS) is 17.7. The fourth-order valence-electron chi connectivity index (χ4n) is 6.63. The molecule has 0 N–H and O–H groups in total. The molecule has 5 aromatic rings. The number of piperidine rings is 1. The van der Waals surface area contributed by atoms with Gasteiger partial charge in [-0.15, -0.1) is 0 Å².